The summed E-state index contributed by atoms with van der Waals surface area (Å²) in [5, 5.41) is 0. The van der Waals surface area contributed by atoms with Crippen molar-refractivity contribution in [2.45, 2.75) is 26.7 Å². The second-order valence-corrected chi connectivity index (χ2v) is 4.79. The topological polar surface area (TPSA) is 44.5 Å². The predicted molar refractivity (Wildman–Crippen MR) is 74.1 cm³/mol. The average Bonchev–Trinajstić information content (AvgIpc) is 2.34. The van der Waals surface area contributed by atoms with Crippen LogP contribution < -0.4 is 15.2 Å². The van der Waals surface area contributed by atoms with E-state index in [2.05, 4.69) is 22.9 Å². The van der Waals surface area contributed by atoms with Gasteiger partial charge in [-0.2, -0.15) is 0 Å². The van der Waals surface area contributed by atoms with E-state index >= 15 is 0 Å². The van der Waals surface area contributed by atoms with Gasteiger partial charge in [0.15, 0.2) is 11.5 Å². The minimum absolute atomic E-state index is 0.677. The standard InChI is InChI=1S/C13H20BrNO2/c1-8-10(6-5-7-15)13(17-4)12(16-3)9(2)11(8)14/h5-7,15H2,1-4H3. The number of rotatable bonds is 5. The molecule has 96 valence electrons. The van der Waals surface area contributed by atoms with Crippen LogP contribution in [-0.2, 0) is 6.42 Å². The van der Waals surface area contributed by atoms with Crippen molar-refractivity contribution in [3.05, 3.63) is 21.2 Å². The molecule has 0 fully saturated rings. The lowest BCUT2D eigenvalue weighted by atomic mass is 9.99. The molecule has 0 bridgehead atoms. The lowest BCUT2D eigenvalue weighted by molar-refractivity contribution is 0.348. The lowest BCUT2D eigenvalue weighted by Gasteiger charge is -2.19. The van der Waals surface area contributed by atoms with E-state index < -0.39 is 0 Å². The molecule has 0 aliphatic heterocycles. The molecule has 0 saturated carbocycles. The van der Waals surface area contributed by atoms with Crippen molar-refractivity contribution in [2.24, 2.45) is 5.73 Å². The largest absolute Gasteiger partial charge is 0.493 e. The summed E-state index contributed by atoms with van der Waals surface area (Å²) < 4.78 is 12.0. The molecular formula is C13H20BrNO2. The van der Waals surface area contributed by atoms with Crippen molar-refractivity contribution in [3.8, 4) is 11.5 Å². The van der Waals surface area contributed by atoms with Crippen LogP contribution in [0.1, 0.15) is 23.1 Å². The van der Waals surface area contributed by atoms with Crippen molar-refractivity contribution >= 4 is 15.9 Å². The maximum atomic E-state index is 5.57. The molecule has 1 rings (SSSR count). The number of halogens is 1. The summed E-state index contributed by atoms with van der Waals surface area (Å²) in [4.78, 5) is 0. The number of hydrogen-bond acceptors (Lipinski definition) is 3. The van der Waals surface area contributed by atoms with Crippen LogP contribution in [0.15, 0.2) is 4.47 Å². The van der Waals surface area contributed by atoms with Gasteiger partial charge < -0.3 is 15.2 Å². The quantitative estimate of drug-likeness (QED) is 0.909. The Hall–Kier alpha value is -0.740. The molecule has 0 unspecified atom stereocenters. The first kappa shape index (κ1) is 14.3. The van der Waals surface area contributed by atoms with E-state index in [9.17, 15) is 0 Å². The van der Waals surface area contributed by atoms with Gasteiger partial charge in [0.1, 0.15) is 0 Å². The van der Waals surface area contributed by atoms with Crippen LogP contribution in [0.25, 0.3) is 0 Å². The van der Waals surface area contributed by atoms with Crippen molar-refractivity contribution < 1.29 is 9.47 Å². The Bertz CT molecular complexity index is 405. The molecule has 0 aliphatic rings. The van der Waals surface area contributed by atoms with E-state index in [1.807, 2.05) is 6.92 Å². The summed E-state index contributed by atoms with van der Waals surface area (Å²) in [5.74, 6) is 1.64. The molecule has 0 aromatic heterocycles. The third-order valence-electron chi connectivity index (χ3n) is 2.97. The summed E-state index contributed by atoms with van der Waals surface area (Å²) in [5.41, 5.74) is 9.02. The molecule has 17 heavy (non-hydrogen) atoms. The first-order valence-corrected chi connectivity index (χ1v) is 6.47. The average molecular weight is 302 g/mol. The zero-order chi connectivity index (χ0) is 13.0. The summed E-state index contributed by atoms with van der Waals surface area (Å²) >= 11 is 3.61. The molecule has 0 saturated heterocycles. The van der Waals surface area contributed by atoms with Crippen LogP contribution in [-0.4, -0.2) is 20.8 Å². The van der Waals surface area contributed by atoms with E-state index in [4.69, 9.17) is 15.2 Å². The highest BCUT2D eigenvalue weighted by Crippen LogP contribution is 2.42. The normalized spacial score (nSPS) is 10.5. The van der Waals surface area contributed by atoms with E-state index in [0.29, 0.717) is 6.54 Å². The molecule has 0 amide bonds. The second kappa shape index (κ2) is 6.26. The first-order chi connectivity index (χ1) is 8.08. The molecule has 2 N–H and O–H groups in total. The Morgan fingerprint density at radius 1 is 1.06 bits per heavy atom. The fourth-order valence-electron chi connectivity index (χ4n) is 2.03. The number of methoxy groups -OCH3 is 2. The number of hydrogen-bond donors (Lipinski definition) is 1. The SMILES string of the molecule is COc1c(C)c(Br)c(C)c(CCCN)c1OC. The third-order valence-corrected chi connectivity index (χ3v) is 4.16. The van der Waals surface area contributed by atoms with Crippen LogP contribution in [0.3, 0.4) is 0 Å². The second-order valence-electron chi connectivity index (χ2n) is 4.00. The highest BCUT2D eigenvalue weighted by Gasteiger charge is 2.19. The maximum absolute atomic E-state index is 5.57. The van der Waals surface area contributed by atoms with E-state index in [-0.39, 0.29) is 0 Å². The first-order valence-electron chi connectivity index (χ1n) is 5.68. The predicted octanol–water partition coefficient (Wildman–Crippen LogP) is 2.97. The zero-order valence-electron chi connectivity index (χ0n) is 10.9. The Kier molecular flexibility index (Phi) is 5.28. The molecule has 0 heterocycles. The fraction of sp³-hybridized carbons (Fsp3) is 0.538. The minimum Gasteiger partial charge on any atom is -0.493 e. The number of nitrogens with two attached hydrogens (primary N) is 1. The van der Waals surface area contributed by atoms with Crippen molar-refractivity contribution in [1.82, 2.24) is 0 Å². The van der Waals surface area contributed by atoms with E-state index in [1.54, 1.807) is 14.2 Å². The van der Waals surface area contributed by atoms with Crippen LogP contribution in [0.2, 0.25) is 0 Å². The van der Waals surface area contributed by atoms with Gasteiger partial charge in [0.25, 0.3) is 0 Å². The Balaban J connectivity index is 3.39. The molecule has 4 heteroatoms. The summed E-state index contributed by atoms with van der Waals surface area (Å²) in [6, 6.07) is 0. The van der Waals surface area contributed by atoms with Crippen molar-refractivity contribution in [1.29, 1.82) is 0 Å². The highest BCUT2D eigenvalue weighted by atomic mass is 79.9. The summed E-state index contributed by atoms with van der Waals surface area (Å²) in [6.07, 6.45) is 1.84. The van der Waals surface area contributed by atoms with Crippen molar-refractivity contribution in [3.63, 3.8) is 0 Å². The Labute approximate surface area is 111 Å². The van der Waals surface area contributed by atoms with E-state index in [0.717, 1.165) is 34.4 Å². The van der Waals surface area contributed by atoms with Crippen LogP contribution in [0.4, 0.5) is 0 Å². The Morgan fingerprint density at radius 3 is 2.12 bits per heavy atom. The molecule has 3 nitrogen and oxygen atoms in total. The van der Waals surface area contributed by atoms with Crippen LogP contribution in [0, 0.1) is 13.8 Å². The van der Waals surface area contributed by atoms with Gasteiger partial charge >= 0.3 is 0 Å². The molecule has 0 atom stereocenters. The molecule has 0 spiro atoms. The molecule has 0 aliphatic carbocycles. The maximum Gasteiger partial charge on any atom is 0.165 e. The van der Waals surface area contributed by atoms with Gasteiger partial charge in [0.05, 0.1) is 14.2 Å². The fourth-order valence-corrected chi connectivity index (χ4v) is 2.45. The molecule has 1 aromatic rings. The van der Waals surface area contributed by atoms with E-state index in [1.165, 1.54) is 11.1 Å². The van der Waals surface area contributed by atoms with Crippen LogP contribution in [0.5, 0.6) is 11.5 Å². The van der Waals surface area contributed by atoms with Crippen LogP contribution >= 0.6 is 15.9 Å². The van der Waals surface area contributed by atoms with Gasteiger partial charge in [-0.25, -0.2) is 0 Å². The zero-order valence-corrected chi connectivity index (χ0v) is 12.5. The molecule has 1 aromatic carbocycles. The van der Waals surface area contributed by atoms with Crippen molar-refractivity contribution in [2.75, 3.05) is 20.8 Å². The monoisotopic (exact) mass is 301 g/mol. The Morgan fingerprint density at radius 2 is 1.65 bits per heavy atom. The smallest absolute Gasteiger partial charge is 0.165 e. The summed E-state index contributed by atoms with van der Waals surface area (Å²) in [7, 11) is 3.34. The third kappa shape index (κ3) is 2.75. The van der Waals surface area contributed by atoms with Gasteiger partial charge in [-0.1, -0.05) is 15.9 Å². The minimum atomic E-state index is 0.677. The molecule has 0 radical (unpaired) electrons. The van der Waals surface area contributed by atoms with Gasteiger partial charge in [-0.3, -0.25) is 0 Å². The van der Waals surface area contributed by atoms with Gasteiger partial charge in [0, 0.05) is 15.6 Å². The number of benzene rings is 1. The number of ether oxygens (including phenoxy) is 2. The van der Waals surface area contributed by atoms with Gasteiger partial charge in [-0.05, 0) is 38.8 Å². The molecular weight excluding hydrogens is 282 g/mol. The summed E-state index contributed by atoms with van der Waals surface area (Å²) in [6.45, 7) is 4.78. The lowest BCUT2D eigenvalue weighted by Crippen LogP contribution is -2.06. The van der Waals surface area contributed by atoms with Gasteiger partial charge in [-0.15, -0.1) is 0 Å². The highest BCUT2D eigenvalue weighted by molar-refractivity contribution is 9.10. The van der Waals surface area contributed by atoms with Gasteiger partial charge in [0.2, 0.25) is 0 Å².